The molecule has 1 unspecified atom stereocenters. The van der Waals surface area contributed by atoms with E-state index in [4.69, 9.17) is 9.47 Å². The Labute approximate surface area is 177 Å². The van der Waals surface area contributed by atoms with Gasteiger partial charge in [-0.05, 0) is 36.1 Å². The maximum atomic E-state index is 12.9. The third-order valence-corrected chi connectivity index (χ3v) is 6.24. The fourth-order valence-electron chi connectivity index (χ4n) is 4.66. The van der Waals surface area contributed by atoms with Crippen molar-refractivity contribution in [2.24, 2.45) is 0 Å². The third-order valence-electron chi connectivity index (χ3n) is 6.24. The summed E-state index contributed by atoms with van der Waals surface area (Å²) in [5.41, 5.74) is 3.81. The molecule has 0 aliphatic carbocycles. The predicted octanol–water partition coefficient (Wildman–Crippen LogP) is 3.27. The number of piperidine rings is 1. The SMILES string of the molecule is O=C(CCN1Cc2ccccc2C1)N1CCCC(Nc2ccc3c(c2)OCCO3)C1. The van der Waals surface area contributed by atoms with Gasteiger partial charge in [0.15, 0.2) is 11.5 Å². The van der Waals surface area contributed by atoms with Crippen molar-refractivity contribution in [3.63, 3.8) is 0 Å². The van der Waals surface area contributed by atoms with E-state index in [-0.39, 0.29) is 11.9 Å². The molecule has 3 aliphatic heterocycles. The minimum absolute atomic E-state index is 0.264. The molecule has 1 atom stereocenters. The van der Waals surface area contributed by atoms with Crippen LogP contribution in [0.3, 0.4) is 0 Å². The van der Waals surface area contributed by atoms with Crippen molar-refractivity contribution in [2.45, 2.75) is 38.4 Å². The molecule has 30 heavy (non-hydrogen) atoms. The topological polar surface area (TPSA) is 54.0 Å². The fraction of sp³-hybridized carbons (Fsp3) is 0.458. The highest BCUT2D eigenvalue weighted by atomic mass is 16.6. The molecular weight excluding hydrogens is 378 g/mol. The molecular formula is C24H29N3O3. The molecule has 2 aromatic rings. The molecule has 3 aliphatic rings. The number of nitrogens with zero attached hydrogens (tertiary/aromatic N) is 2. The quantitative estimate of drug-likeness (QED) is 0.825. The molecule has 0 aromatic heterocycles. The average molecular weight is 408 g/mol. The lowest BCUT2D eigenvalue weighted by atomic mass is 10.0. The number of nitrogens with one attached hydrogen (secondary N) is 1. The normalized spacial score (nSPS) is 20.7. The highest BCUT2D eigenvalue weighted by molar-refractivity contribution is 5.76. The zero-order valence-corrected chi connectivity index (χ0v) is 17.3. The first-order chi connectivity index (χ1) is 14.7. The van der Waals surface area contributed by atoms with E-state index < -0.39 is 0 Å². The van der Waals surface area contributed by atoms with Crippen LogP contribution < -0.4 is 14.8 Å². The molecule has 0 bridgehead atoms. The zero-order valence-electron chi connectivity index (χ0n) is 17.3. The minimum Gasteiger partial charge on any atom is -0.486 e. The summed E-state index contributed by atoms with van der Waals surface area (Å²) in [6.45, 7) is 5.54. The van der Waals surface area contributed by atoms with Crippen molar-refractivity contribution in [2.75, 3.05) is 38.2 Å². The van der Waals surface area contributed by atoms with E-state index >= 15 is 0 Å². The van der Waals surface area contributed by atoms with Crippen molar-refractivity contribution in [3.05, 3.63) is 53.6 Å². The summed E-state index contributed by atoms with van der Waals surface area (Å²) in [4.78, 5) is 17.3. The lowest BCUT2D eigenvalue weighted by molar-refractivity contribution is -0.132. The predicted molar refractivity (Wildman–Crippen MR) is 116 cm³/mol. The summed E-state index contributed by atoms with van der Waals surface area (Å²) in [5, 5.41) is 3.59. The Morgan fingerprint density at radius 1 is 1.03 bits per heavy atom. The highest BCUT2D eigenvalue weighted by Gasteiger charge is 2.25. The van der Waals surface area contributed by atoms with Crippen molar-refractivity contribution < 1.29 is 14.3 Å². The number of benzene rings is 2. The summed E-state index contributed by atoms with van der Waals surface area (Å²) in [7, 11) is 0. The number of hydrogen-bond acceptors (Lipinski definition) is 5. The first-order valence-electron chi connectivity index (χ1n) is 11.0. The van der Waals surface area contributed by atoms with E-state index in [0.717, 1.165) is 62.8 Å². The van der Waals surface area contributed by atoms with Crippen molar-refractivity contribution >= 4 is 11.6 Å². The van der Waals surface area contributed by atoms with Crippen LogP contribution in [0.15, 0.2) is 42.5 Å². The number of anilines is 1. The van der Waals surface area contributed by atoms with Gasteiger partial charge in [0.1, 0.15) is 13.2 Å². The van der Waals surface area contributed by atoms with Gasteiger partial charge in [0.05, 0.1) is 0 Å². The van der Waals surface area contributed by atoms with Crippen LogP contribution >= 0.6 is 0 Å². The van der Waals surface area contributed by atoms with Crippen LogP contribution in [0, 0.1) is 0 Å². The second-order valence-electron chi connectivity index (χ2n) is 8.41. The van der Waals surface area contributed by atoms with Crippen molar-refractivity contribution in [1.29, 1.82) is 0 Å². The standard InChI is InChI=1S/C24H29N3O3/c28-24(9-11-26-15-18-4-1-2-5-19(18)16-26)27-10-3-6-21(17-27)25-20-7-8-22-23(14-20)30-13-12-29-22/h1-2,4-5,7-8,14,21,25H,3,6,9-13,15-17H2. The number of carbonyl (C=O) groups excluding carboxylic acids is 1. The van der Waals surface area contributed by atoms with Gasteiger partial charge in [-0.1, -0.05) is 24.3 Å². The molecule has 0 radical (unpaired) electrons. The molecule has 6 heteroatoms. The monoisotopic (exact) mass is 407 g/mol. The number of carbonyl (C=O) groups is 1. The molecule has 1 saturated heterocycles. The van der Waals surface area contributed by atoms with Crippen LogP contribution in [0.25, 0.3) is 0 Å². The number of fused-ring (bicyclic) bond motifs is 2. The van der Waals surface area contributed by atoms with Gasteiger partial charge >= 0.3 is 0 Å². The van der Waals surface area contributed by atoms with E-state index in [1.165, 1.54) is 11.1 Å². The average Bonchev–Trinajstić information content (AvgIpc) is 3.21. The summed E-state index contributed by atoms with van der Waals surface area (Å²) < 4.78 is 11.3. The largest absolute Gasteiger partial charge is 0.486 e. The maximum absolute atomic E-state index is 12.9. The van der Waals surface area contributed by atoms with Gasteiger partial charge in [0, 0.05) is 56.9 Å². The Hall–Kier alpha value is -2.73. The summed E-state index contributed by atoms with van der Waals surface area (Å²) in [5.74, 6) is 1.86. The van der Waals surface area contributed by atoms with Gasteiger partial charge in [-0.3, -0.25) is 9.69 Å². The molecule has 2 aromatic carbocycles. The van der Waals surface area contributed by atoms with E-state index in [1.807, 2.05) is 23.1 Å². The van der Waals surface area contributed by atoms with E-state index in [0.29, 0.717) is 19.6 Å². The number of hydrogen-bond donors (Lipinski definition) is 1. The van der Waals surface area contributed by atoms with Gasteiger partial charge in [0.2, 0.25) is 5.91 Å². The Bertz CT molecular complexity index is 891. The van der Waals surface area contributed by atoms with Crippen molar-refractivity contribution in [1.82, 2.24) is 9.80 Å². The Kier molecular flexibility index (Phi) is 5.49. The molecule has 0 saturated carbocycles. The molecule has 5 rings (SSSR count). The number of ether oxygens (including phenoxy) is 2. The van der Waals surface area contributed by atoms with Crippen molar-refractivity contribution in [3.8, 4) is 11.5 Å². The number of rotatable bonds is 5. The highest BCUT2D eigenvalue weighted by Crippen LogP contribution is 2.33. The van der Waals surface area contributed by atoms with Gasteiger partial charge in [0.25, 0.3) is 0 Å². The molecule has 3 heterocycles. The Balaban J connectivity index is 1.12. The number of likely N-dealkylation sites (tertiary alicyclic amines) is 1. The Morgan fingerprint density at radius 2 is 1.80 bits per heavy atom. The van der Waals surface area contributed by atoms with Crippen LogP contribution in [-0.4, -0.2) is 54.6 Å². The molecule has 0 spiro atoms. The van der Waals surface area contributed by atoms with Gasteiger partial charge in [-0.25, -0.2) is 0 Å². The summed E-state index contributed by atoms with van der Waals surface area (Å²) in [6, 6.07) is 14.8. The molecule has 1 N–H and O–H groups in total. The van der Waals surface area contributed by atoms with E-state index in [9.17, 15) is 4.79 Å². The molecule has 1 fully saturated rings. The second kappa shape index (κ2) is 8.56. The van der Waals surface area contributed by atoms with Crippen LogP contribution in [0.1, 0.15) is 30.4 Å². The minimum atomic E-state index is 0.264. The van der Waals surface area contributed by atoms with Gasteiger partial charge < -0.3 is 19.7 Å². The third kappa shape index (κ3) is 4.24. The lowest BCUT2D eigenvalue weighted by Crippen LogP contribution is -2.45. The van der Waals surface area contributed by atoms with Crippen LogP contribution in [0.4, 0.5) is 5.69 Å². The van der Waals surface area contributed by atoms with Crippen LogP contribution in [-0.2, 0) is 17.9 Å². The Morgan fingerprint density at radius 3 is 2.60 bits per heavy atom. The first kappa shape index (κ1) is 19.2. The molecule has 6 nitrogen and oxygen atoms in total. The summed E-state index contributed by atoms with van der Waals surface area (Å²) >= 11 is 0. The van der Waals surface area contributed by atoms with E-state index in [1.54, 1.807) is 0 Å². The molecule has 158 valence electrons. The van der Waals surface area contributed by atoms with Crippen LogP contribution in [0.5, 0.6) is 11.5 Å². The lowest BCUT2D eigenvalue weighted by Gasteiger charge is -2.34. The van der Waals surface area contributed by atoms with E-state index in [2.05, 4.69) is 34.5 Å². The fourth-order valence-corrected chi connectivity index (χ4v) is 4.66. The van der Waals surface area contributed by atoms with Crippen LogP contribution in [0.2, 0.25) is 0 Å². The maximum Gasteiger partial charge on any atom is 0.223 e. The smallest absolute Gasteiger partial charge is 0.223 e. The van der Waals surface area contributed by atoms with Gasteiger partial charge in [-0.2, -0.15) is 0 Å². The number of amides is 1. The first-order valence-corrected chi connectivity index (χ1v) is 11.0. The second-order valence-corrected chi connectivity index (χ2v) is 8.41. The zero-order chi connectivity index (χ0) is 20.3. The summed E-state index contributed by atoms with van der Waals surface area (Å²) in [6.07, 6.45) is 2.69. The van der Waals surface area contributed by atoms with Gasteiger partial charge in [-0.15, -0.1) is 0 Å². The molecule has 1 amide bonds.